The molecule has 0 aliphatic carbocycles. The van der Waals surface area contributed by atoms with Crippen molar-refractivity contribution in [1.82, 2.24) is 9.80 Å². The summed E-state index contributed by atoms with van der Waals surface area (Å²) in [5.41, 5.74) is 1.98. The molecule has 0 aromatic heterocycles. The fourth-order valence-electron chi connectivity index (χ4n) is 5.68. The average Bonchev–Trinajstić information content (AvgIpc) is 2.89. The molecule has 2 aromatic rings. The van der Waals surface area contributed by atoms with E-state index < -0.39 is 0 Å². The quantitative estimate of drug-likeness (QED) is 0.713. The Hall–Kier alpha value is -2.57. The highest BCUT2D eigenvalue weighted by molar-refractivity contribution is 5.94. The summed E-state index contributed by atoms with van der Waals surface area (Å²) in [4.78, 5) is 20.1. The van der Waals surface area contributed by atoms with E-state index in [1.165, 1.54) is 5.69 Å². The minimum atomic E-state index is -0.0732. The first-order valence-corrected chi connectivity index (χ1v) is 12.3. The van der Waals surface area contributed by atoms with Gasteiger partial charge in [-0.25, -0.2) is 0 Å². The third kappa shape index (κ3) is 4.87. The van der Waals surface area contributed by atoms with Crippen LogP contribution in [0.3, 0.4) is 0 Å². The van der Waals surface area contributed by atoms with Gasteiger partial charge in [-0.15, -0.1) is 0 Å². The van der Waals surface area contributed by atoms with Crippen LogP contribution in [0.1, 0.15) is 36.0 Å². The first-order chi connectivity index (χ1) is 16.2. The van der Waals surface area contributed by atoms with Crippen molar-refractivity contribution in [1.29, 1.82) is 0 Å². The molecule has 3 aliphatic heterocycles. The summed E-state index contributed by atoms with van der Waals surface area (Å²) < 4.78 is 11.6. The van der Waals surface area contributed by atoms with Gasteiger partial charge in [0.2, 0.25) is 0 Å². The van der Waals surface area contributed by atoms with Gasteiger partial charge in [0.1, 0.15) is 5.75 Å². The molecule has 3 aliphatic rings. The topological polar surface area (TPSA) is 45.2 Å². The van der Waals surface area contributed by atoms with Crippen molar-refractivity contribution in [3.05, 3.63) is 60.2 Å². The van der Waals surface area contributed by atoms with Crippen molar-refractivity contribution in [3.8, 4) is 5.75 Å². The highest BCUT2D eigenvalue weighted by Gasteiger charge is 2.43. The van der Waals surface area contributed by atoms with Gasteiger partial charge in [0, 0.05) is 63.2 Å². The van der Waals surface area contributed by atoms with Crippen LogP contribution in [0.15, 0.2) is 54.6 Å². The van der Waals surface area contributed by atoms with Crippen molar-refractivity contribution in [2.45, 2.75) is 37.3 Å². The molecule has 33 heavy (non-hydrogen) atoms. The van der Waals surface area contributed by atoms with Crippen LogP contribution in [0.25, 0.3) is 0 Å². The molecule has 0 saturated carbocycles. The zero-order valence-electron chi connectivity index (χ0n) is 19.6. The fourth-order valence-corrected chi connectivity index (χ4v) is 5.68. The lowest BCUT2D eigenvalue weighted by Gasteiger charge is -2.50. The molecule has 0 unspecified atom stereocenters. The SMILES string of the molecule is COc1ccc(C(=O)N2CCC3(CC2)C[C@@H](N2CCN(c4ccccc4)CC2)CCO3)cc1. The number of ether oxygens (including phenoxy) is 2. The van der Waals surface area contributed by atoms with E-state index in [1.807, 2.05) is 29.2 Å². The van der Waals surface area contributed by atoms with E-state index in [4.69, 9.17) is 9.47 Å². The van der Waals surface area contributed by atoms with Crippen molar-refractivity contribution in [2.75, 3.05) is 57.9 Å². The van der Waals surface area contributed by atoms with Gasteiger partial charge in [-0.3, -0.25) is 9.69 Å². The molecule has 0 radical (unpaired) electrons. The predicted octanol–water partition coefficient (Wildman–Crippen LogP) is 3.67. The fraction of sp³-hybridized carbons (Fsp3) is 0.519. The number of para-hydroxylation sites is 1. The maximum atomic E-state index is 13.0. The van der Waals surface area contributed by atoms with Crippen LogP contribution >= 0.6 is 0 Å². The van der Waals surface area contributed by atoms with E-state index >= 15 is 0 Å². The summed E-state index contributed by atoms with van der Waals surface area (Å²) in [6, 6.07) is 18.7. The molecule has 3 saturated heterocycles. The second-order valence-electron chi connectivity index (χ2n) is 9.56. The Labute approximate surface area is 197 Å². The standard InChI is InChI=1S/C27H35N3O3/c1-32-25-9-7-22(8-10-25)26(31)30-14-12-27(13-15-30)21-24(11-20-33-27)29-18-16-28(17-19-29)23-5-3-2-4-6-23/h2-10,24H,11-21H2,1H3/t24-/m0/s1. The highest BCUT2D eigenvalue weighted by atomic mass is 16.5. The van der Waals surface area contributed by atoms with Gasteiger partial charge < -0.3 is 19.3 Å². The van der Waals surface area contributed by atoms with Gasteiger partial charge in [0.05, 0.1) is 12.7 Å². The largest absolute Gasteiger partial charge is 0.497 e. The molecule has 3 fully saturated rings. The average molecular weight is 450 g/mol. The Kier molecular flexibility index (Phi) is 6.56. The number of piperidine rings is 1. The summed E-state index contributed by atoms with van der Waals surface area (Å²) in [6.07, 6.45) is 4.05. The van der Waals surface area contributed by atoms with Crippen molar-refractivity contribution >= 4 is 11.6 Å². The minimum absolute atomic E-state index is 0.0732. The Balaban J connectivity index is 1.15. The number of carbonyl (C=O) groups is 1. The first kappa shape index (κ1) is 22.2. The molecule has 2 aromatic carbocycles. The second kappa shape index (κ2) is 9.74. The smallest absolute Gasteiger partial charge is 0.253 e. The summed E-state index contributed by atoms with van der Waals surface area (Å²) in [5, 5.41) is 0. The Bertz CT molecular complexity index is 917. The van der Waals surface area contributed by atoms with Crippen molar-refractivity contribution in [3.63, 3.8) is 0 Å². The molecule has 1 atom stereocenters. The Morgan fingerprint density at radius 1 is 0.939 bits per heavy atom. The number of hydrogen-bond donors (Lipinski definition) is 0. The molecule has 6 heteroatoms. The van der Waals surface area contributed by atoms with E-state index in [1.54, 1.807) is 7.11 Å². The number of piperazine rings is 1. The van der Waals surface area contributed by atoms with E-state index in [2.05, 4.69) is 40.1 Å². The zero-order valence-corrected chi connectivity index (χ0v) is 19.6. The number of rotatable bonds is 4. The van der Waals surface area contributed by atoms with Crippen molar-refractivity contribution < 1.29 is 14.3 Å². The second-order valence-corrected chi connectivity index (χ2v) is 9.56. The molecule has 0 N–H and O–H groups in total. The lowest BCUT2D eigenvalue weighted by atomic mass is 9.81. The summed E-state index contributed by atoms with van der Waals surface area (Å²) in [7, 11) is 1.64. The third-order valence-electron chi connectivity index (χ3n) is 7.72. The lowest BCUT2D eigenvalue weighted by Crippen LogP contribution is -2.57. The minimum Gasteiger partial charge on any atom is -0.497 e. The van der Waals surface area contributed by atoms with Crippen LogP contribution in [0, 0.1) is 0 Å². The molecule has 0 bridgehead atoms. The van der Waals surface area contributed by atoms with Crippen LogP contribution in [-0.4, -0.2) is 80.3 Å². The van der Waals surface area contributed by atoms with Crippen LogP contribution in [-0.2, 0) is 4.74 Å². The summed E-state index contributed by atoms with van der Waals surface area (Å²) in [6.45, 7) is 6.74. The molecule has 6 nitrogen and oxygen atoms in total. The van der Waals surface area contributed by atoms with Gasteiger partial charge in [0.15, 0.2) is 0 Å². The molecule has 1 spiro atoms. The maximum Gasteiger partial charge on any atom is 0.253 e. The number of hydrogen-bond acceptors (Lipinski definition) is 5. The highest BCUT2D eigenvalue weighted by Crippen LogP contribution is 2.37. The van der Waals surface area contributed by atoms with Gasteiger partial charge >= 0.3 is 0 Å². The Morgan fingerprint density at radius 2 is 1.64 bits per heavy atom. The maximum absolute atomic E-state index is 13.0. The summed E-state index contributed by atoms with van der Waals surface area (Å²) in [5.74, 6) is 0.882. The summed E-state index contributed by atoms with van der Waals surface area (Å²) >= 11 is 0. The third-order valence-corrected chi connectivity index (χ3v) is 7.72. The number of amides is 1. The van der Waals surface area contributed by atoms with Gasteiger partial charge in [-0.05, 0) is 62.1 Å². The zero-order chi connectivity index (χ0) is 22.7. The lowest BCUT2D eigenvalue weighted by molar-refractivity contribution is -0.130. The predicted molar refractivity (Wildman–Crippen MR) is 130 cm³/mol. The van der Waals surface area contributed by atoms with Crippen LogP contribution in [0.5, 0.6) is 5.75 Å². The monoisotopic (exact) mass is 449 g/mol. The molecule has 176 valence electrons. The van der Waals surface area contributed by atoms with Gasteiger partial charge in [0.25, 0.3) is 5.91 Å². The number of anilines is 1. The number of benzene rings is 2. The van der Waals surface area contributed by atoms with E-state index in [-0.39, 0.29) is 11.5 Å². The van der Waals surface area contributed by atoms with Gasteiger partial charge in [-0.2, -0.15) is 0 Å². The van der Waals surface area contributed by atoms with Gasteiger partial charge in [-0.1, -0.05) is 18.2 Å². The van der Waals surface area contributed by atoms with E-state index in [0.717, 1.165) is 82.9 Å². The van der Waals surface area contributed by atoms with Crippen LogP contribution in [0.2, 0.25) is 0 Å². The molecule has 5 rings (SSSR count). The number of carbonyl (C=O) groups excluding carboxylic acids is 1. The normalized spacial score (nSPS) is 23.5. The number of nitrogens with zero attached hydrogens (tertiary/aromatic N) is 3. The number of likely N-dealkylation sites (tertiary alicyclic amines) is 1. The van der Waals surface area contributed by atoms with Crippen LogP contribution in [0.4, 0.5) is 5.69 Å². The molecule has 3 heterocycles. The molecule has 1 amide bonds. The number of methoxy groups -OCH3 is 1. The van der Waals surface area contributed by atoms with E-state index in [9.17, 15) is 4.79 Å². The molecular weight excluding hydrogens is 414 g/mol. The Morgan fingerprint density at radius 3 is 2.30 bits per heavy atom. The first-order valence-electron chi connectivity index (χ1n) is 12.3. The van der Waals surface area contributed by atoms with E-state index in [0.29, 0.717) is 6.04 Å². The molecular formula is C27H35N3O3. The van der Waals surface area contributed by atoms with Crippen molar-refractivity contribution in [2.24, 2.45) is 0 Å². The van der Waals surface area contributed by atoms with Crippen LogP contribution < -0.4 is 9.64 Å².